The lowest BCUT2D eigenvalue weighted by atomic mass is 10.1. The standard InChI is InChI=1S/C17H17F3N2O/c1-10-4-3-5-11(2)17(10)22-14(23)8-9-21-13-7-6-12(18)15(19)16(13)20/h3-7,21H,8-9H2,1-2H3,(H,22,23). The van der Waals surface area contributed by atoms with Crippen LogP contribution < -0.4 is 10.6 Å². The van der Waals surface area contributed by atoms with Crippen LogP contribution in [0.4, 0.5) is 24.5 Å². The van der Waals surface area contributed by atoms with E-state index >= 15 is 0 Å². The predicted octanol–water partition coefficient (Wildman–Crippen LogP) is 4.16. The fraction of sp³-hybridized carbons (Fsp3) is 0.235. The molecule has 0 atom stereocenters. The number of hydrogen-bond donors (Lipinski definition) is 2. The first-order chi connectivity index (χ1) is 10.9. The fourth-order valence-electron chi connectivity index (χ4n) is 2.19. The number of carbonyl (C=O) groups is 1. The van der Waals surface area contributed by atoms with E-state index in [9.17, 15) is 18.0 Å². The van der Waals surface area contributed by atoms with E-state index in [1.54, 1.807) is 0 Å². The molecule has 0 unspecified atom stereocenters. The molecule has 0 spiro atoms. The van der Waals surface area contributed by atoms with Gasteiger partial charge in [0.1, 0.15) is 0 Å². The first kappa shape index (κ1) is 16.9. The zero-order valence-electron chi connectivity index (χ0n) is 12.8. The number of anilines is 2. The lowest BCUT2D eigenvalue weighted by Gasteiger charge is -2.12. The molecule has 0 aliphatic carbocycles. The van der Waals surface area contributed by atoms with Gasteiger partial charge in [0.2, 0.25) is 5.91 Å². The van der Waals surface area contributed by atoms with E-state index < -0.39 is 17.5 Å². The molecule has 0 saturated heterocycles. The van der Waals surface area contributed by atoms with E-state index in [-0.39, 0.29) is 24.6 Å². The van der Waals surface area contributed by atoms with E-state index in [1.165, 1.54) is 0 Å². The SMILES string of the molecule is Cc1cccc(C)c1NC(=O)CCNc1ccc(F)c(F)c1F. The van der Waals surface area contributed by atoms with Crippen LogP contribution in [0.25, 0.3) is 0 Å². The zero-order chi connectivity index (χ0) is 17.0. The van der Waals surface area contributed by atoms with Crippen molar-refractivity contribution >= 4 is 17.3 Å². The Morgan fingerprint density at radius 1 is 1.00 bits per heavy atom. The predicted molar refractivity (Wildman–Crippen MR) is 84.0 cm³/mol. The maximum atomic E-state index is 13.5. The van der Waals surface area contributed by atoms with Gasteiger partial charge < -0.3 is 10.6 Å². The number of carbonyl (C=O) groups excluding carboxylic acids is 1. The van der Waals surface area contributed by atoms with Gasteiger partial charge in [-0.15, -0.1) is 0 Å². The fourth-order valence-corrected chi connectivity index (χ4v) is 2.19. The molecule has 3 nitrogen and oxygen atoms in total. The second-order valence-corrected chi connectivity index (χ2v) is 5.21. The smallest absolute Gasteiger partial charge is 0.226 e. The zero-order valence-corrected chi connectivity index (χ0v) is 12.8. The number of halogens is 3. The molecule has 6 heteroatoms. The van der Waals surface area contributed by atoms with Crippen molar-refractivity contribution in [1.82, 2.24) is 0 Å². The lowest BCUT2D eigenvalue weighted by Crippen LogP contribution is -2.18. The van der Waals surface area contributed by atoms with Crippen molar-refractivity contribution in [3.05, 3.63) is 58.9 Å². The number of aryl methyl sites for hydroxylation is 2. The number of nitrogens with one attached hydrogen (secondary N) is 2. The van der Waals surface area contributed by atoms with E-state index in [4.69, 9.17) is 0 Å². The first-order valence-corrected chi connectivity index (χ1v) is 7.13. The Kier molecular flexibility index (Phi) is 5.26. The molecule has 0 aromatic heterocycles. The van der Waals surface area contributed by atoms with Crippen LogP contribution in [0.2, 0.25) is 0 Å². The number of rotatable bonds is 5. The van der Waals surface area contributed by atoms with Crippen LogP contribution in [-0.2, 0) is 4.79 Å². The summed E-state index contributed by atoms with van der Waals surface area (Å²) in [6, 6.07) is 7.59. The maximum Gasteiger partial charge on any atom is 0.226 e. The summed E-state index contributed by atoms with van der Waals surface area (Å²) in [6.07, 6.45) is 0.0617. The molecule has 122 valence electrons. The highest BCUT2D eigenvalue weighted by Gasteiger charge is 2.13. The van der Waals surface area contributed by atoms with Crippen LogP contribution in [0, 0.1) is 31.3 Å². The van der Waals surface area contributed by atoms with E-state index in [0.717, 1.165) is 28.9 Å². The molecule has 0 radical (unpaired) electrons. The van der Waals surface area contributed by atoms with Gasteiger partial charge in [-0.05, 0) is 37.1 Å². The highest BCUT2D eigenvalue weighted by molar-refractivity contribution is 5.92. The quantitative estimate of drug-likeness (QED) is 0.812. The molecular weight excluding hydrogens is 305 g/mol. The molecule has 2 N–H and O–H groups in total. The monoisotopic (exact) mass is 322 g/mol. The Bertz CT molecular complexity index is 712. The van der Waals surface area contributed by atoms with Crippen LogP contribution in [-0.4, -0.2) is 12.5 Å². The summed E-state index contributed by atoms with van der Waals surface area (Å²) in [4.78, 5) is 11.9. The van der Waals surface area contributed by atoms with Gasteiger partial charge in [0.05, 0.1) is 5.69 Å². The molecule has 0 saturated carbocycles. The van der Waals surface area contributed by atoms with Gasteiger partial charge in [0, 0.05) is 18.7 Å². The van der Waals surface area contributed by atoms with Crippen LogP contribution in [0.1, 0.15) is 17.5 Å². The minimum Gasteiger partial charge on any atom is -0.382 e. The van der Waals surface area contributed by atoms with Crippen molar-refractivity contribution < 1.29 is 18.0 Å². The molecule has 0 aliphatic heterocycles. The number of hydrogen-bond acceptors (Lipinski definition) is 2. The minimum atomic E-state index is -1.53. The third kappa shape index (κ3) is 4.03. The topological polar surface area (TPSA) is 41.1 Å². The largest absolute Gasteiger partial charge is 0.382 e. The van der Waals surface area contributed by atoms with Gasteiger partial charge in [-0.25, -0.2) is 13.2 Å². The molecule has 0 heterocycles. The molecule has 2 aromatic rings. The summed E-state index contributed by atoms with van der Waals surface area (Å²) in [5, 5.41) is 5.38. The van der Waals surface area contributed by atoms with Gasteiger partial charge in [0.25, 0.3) is 0 Å². The van der Waals surface area contributed by atoms with Crippen molar-refractivity contribution in [3.8, 4) is 0 Å². The minimum absolute atomic E-state index is 0.0617. The molecule has 2 aromatic carbocycles. The highest BCUT2D eigenvalue weighted by Crippen LogP contribution is 2.21. The van der Waals surface area contributed by atoms with Gasteiger partial charge in [0.15, 0.2) is 17.5 Å². The Balaban J connectivity index is 1.92. The number of amides is 1. The molecular formula is C17H17F3N2O. The van der Waals surface area contributed by atoms with Crippen molar-refractivity contribution in [1.29, 1.82) is 0 Å². The molecule has 23 heavy (non-hydrogen) atoms. The molecule has 0 bridgehead atoms. The Labute approximate surface area is 132 Å². The Morgan fingerprint density at radius 3 is 2.30 bits per heavy atom. The normalized spacial score (nSPS) is 10.5. The van der Waals surface area contributed by atoms with E-state index in [0.29, 0.717) is 0 Å². The number of para-hydroxylation sites is 1. The summed E-state index contributed by atoms with van der Waals surface area (Å²) in [7, 11) is 0. The first-order valence-electron chi connectivity index (χ1n) is 7.13. The van der Waals surface area contributed by atoms with Crippen molar-refractivity contribution in [2.45, 2.75) is 20.3 Å². The second-order valence-electron chi connectivity index (χ2n) is 5.21. The van der Waals surface area contributed by atoms with Crippen LogP contribution in [0.5, 0.6) is 0 Å². The molecule has 0 fully saturated rings. The summed E-state index contributed by atoms with van der Waals surface area (Å²) >= 11 is 0. The average molecular weight is 322 g/mol. The number of benzene rings is 2. The van der Waals surface area contributed by atoms with Gasteiger partial charge in [-0.2, -0.15) is 0 Å². The van der Waals surface area contributed by atoms with Crippen molar-refractivity contribution in [3.63, 3.8) is 0 Å². The summed E-state index contributed by atoms with van der Waals surface area (Å²) < 4.78 is 39.4. The highest BCUT2D eigenvalue weighted by atomic mass is 19.2. The average Bonchev–Trinajstić information content (AvgIpc) is 2.51. The third-order valence-electron chi connectivity index (χ3n) is 3.45. The molecule has 0 aliphatic rings. The lowest BCUT2D eigenvalue weighted by molar-refractivity contribution is -0.116. The van der Waals surface area contributed by atoms with Crippen molar-refractivity contribution in [2.24, 2.45) is 0 Å². The van der Waals surface area contributed by atoms with Crippen LogP contribution in [0.3, 0.4) is 0 Å². The van der Waals surface area contributed by atoms with Gasteiger partial charge in [-0.1, -0.05) is 18.2 Å². The van der Waals surface area contributed by atoms with Crippen LogP contribution in [0.15, 0.2) is 30.3 Å². The summed E-state index contributed by atoms with van der Waals surface area (Å²) in [5.74, 6) is -4.33. The van der Waals surface area contributed by atoms with Gasteiger partial charge in [-0.3, -0.25) is 4.79 Å². The molecule has 2 rings (SSSR count). The van der Waals surface area contributed by atoms with E-state index in [1.807, 2.05) is 32.0 Å². The summed E-state index contributed by atoms with van der Waals surface area (Å²) in [5.41, 5.74) is 2.45. The molecule has 1 amide bonds. The van der Waals surface area contributed by atoms with Crippen LogP contribution >= 0.6 is 0 Å². The summed E-state index contributed by atoms with van der Waals surface area (Å²) in [6.45, 7) is 3.87. The van der Waals surface area contributed by atoms with Gasteiger partial charge >= 0.3 is 0 Å². The second kappa shape index (κ2) is 7.17. The Morgan fingerprint density at radius 2 is 1.65 bits per heavy atom. The maximum absolute atomic E-state index is 13.5. The Hall–Kier alpha value is -2.50. The van der Waals surface area contributed by atoms with Crippen molar-refractivity contribution in [2.75, 3.05) is 17.2 Å². The van der Waals surface area contributed by atoms with E-state index in [2.05, 4.69) is 10.6 Å². The third-order valence-corrected chi connectivity index (χ3v) is 3.45.